The zero-order valence-electron chi connectivity index (χ0n) is 5.41. The Labute approximate surface area is 59.7 Å². The van der Waals surface area contributed by atoms with Gasteiger partial charge < -0.3 is 0 Å². The Balaban J connectivity index is 2.52. The molecule has 0 bridgehead atoms. The quantitative estimate of drug-likeness (QED) is 0.438. The lowest BCUT2D eigenvalue weighted by Gasteiger charge is -2.03. The smallest absolute Gasteiger partial charge is 0.183 e. The molecule has 0 aromatic heterocycles. The van der Waals surface area contributed by atoms with Crippen LogP contribution >= 0.6 is 0 Å². The first-order valence-electron chi connectivity index (χ1n) is 3.06. The first-order valence-corrected chi connectivity index (χ1v) is 3.91. The monoisotopic (exact) mass is 143 g/mol. The summed E-state index contributed by atoms with van der Waals surface area (Å²) in [7, 11) is 0. The fourth-order valence-corrected chi connectivity index (χ4v) is 1.13. The van der Waals surface area contributed by atoms with E-state index in [1.807, 2.05) is 6.08 Å². The van der Waals surface area contributed by atoms with Crippen molar-refractivity contribution in [1.82, 2.24) is 0 Å². The summed E-state index contributed by atoms with van der Waals surface area (Å²) in [6.45, 7) is 2.16. The van der Waals surface area contributed by atoms with E-state index in [2.05, 4.69) is 19.1 Å². The maximum absolute atomic E-state index is 8.63. The Hall–Kier alpha value is -0.210. The summed E-state index contributed by atoms with van der Waals surface area (Å²) in [5.41, 5.74) is 0. The molecule has 9 heavy (non-hydrogen) atoms. The largest absolute Gasteiger partial charge is 0.184 e. The molecule has 1 aliphatic rings. The van der Waals surface area contributed by atoms with Crippen molar-refractivity contribution in [1.29, 1.82) is 0 Å². The second kappa shape index (κ2) is 3.08. The molecule has 0 saturated carbocycles. The third-order valence-electron chi connectivity index (χ3n) is 1.41. The van der Waals surface area contributed by atoms with Crippen LogP contribution in [0.15, 0.2) is 23.1 Å². The number of hydrogen-bond acceptors (Lipinski definition) is 1. The highest BCUT2D eigenvalue weighted by Crippen LogP contribution is 2.15. The summed E-state index contributed by atoms with van der Waals surface area (Å²) in [5, 5.41) is 0. The van der Waals surface area contributed by atoms with Gasteiger partial charge in [0, 0.05) is 0 Å². The van der Waals surface area contributed by atoms with Gasteiger partial charge >= 0.3 is 0 Å². The maximum Gasteiger partial charge on any atom is 0.183 e. The molecule has 0 radical (unpaired) electrons. The average molecular weight is 143 g/mol. The Bertz CT molecular complexity index is 149. The van der Waals surface area contributed by atoms with Gasteiger partial charge in [-0.1, -0.05) is 13.0 Å². The lowest BCUT2D eigenvalue weighted by molar-refractivity contribution is 0.662. The van der Waals surface area contributed by atoms with E-state index < -0.39 is 0 Å². The molecule has 0 aliphatic heterocycles. The summed E-state index contributed by atoms with van der Waals surface area (Å²) >= 11 is 0.397. The van der Waals surface area contributed by atoms with Crippen LogP contribution in [0.1, 0.15) is 13.3 Å². The Morgan fingerprint density at radius 3 is 3.00 bits per heavy atom. The van der Waals surface area contributed by atoms with Gasteiger partial charge in [-0.2, -0.15) is 4.55 Å². The topological polar surface area (TPSA) is 20.2 Å². The Morgan fingerprint density at radius 2 is 2.56 bits per heavy atom. The molecule has 50 valence electrons. The molecule has 1 nitrogen and oxygen atoms in total. The first-order chi connectivity index (χ1) is 4.33. The predicted molar refractivity (Wildman–Crippen MR) is 42.4 cm³/mol. The third-order valence-corrected chi connectivity index (χ3v) is 1.97. The van der Waals surface area contributed by atoms with Gasteiger partial charge in [0.05, 0.1) is 0 Å². The molecule has 0 aromatic carbocycles. The lowest BCUT2D eigenvalue weighted by atomic mass is 10.0. The summed E-state index contributed by atoms with van der Waals surface area (Å²) in [4.78, 5) is 1.02. The standard InChI is InChI=1S/C7H10OS/c1-6-2-4-7(9-8)5-3-6/h2,4-6,8H,3H2,1H3/p+1. The van der Waals surface area contributed by atoms with Crippen molar-refractivity contribution in [3.05, 3.63) is 23.1 Å². The van der Waals surface area contributed by atoms with E-state index >= 15 is 0 Å². The minimum atomic E-state index is 0.397. The van der Waals surface area contributed by atoms with Crippen molar-refractivity contribution in [3.63, 3.8) is 0 Å². The lowest BCUT2D eigenvalue weighted by Crippen LogP contribution is -1.94. The fraction of sp³-hybridized carbons (Fsp3) is 0.429. The minimum Gasteiger partial charge on any atom is -0.184 e. The highest BCUT2D eigenvalue weighted by atomic mass is 32.2. The molecule has 0 fully saturated rings. The van der Waals surface area contributed by atoms with Gasteiger partial charge in [0.2, 0.25) is 0 Å². The molecule has 1 atom stereocenters. The highest BCUT2D eigenvalue weighted by molar-refractivity contribution is 7.77. The summed E-state index contributed by atoms with van der Waals surface area (Å²) < 4.78 is 8.63. The van der Waals surface area contributed by atoms with Crippen LogP contribution in [0.5, 0.6) is 0 Å². The molecule has 0 aromatic rings. The van der Waals surface area contributed by atoms with Crippen LogP contribution in [0.4, 0.5) is 0 Å². The van der Waals surface area contributed by atoms with E-state index in [1.165, 1.54) is 0 Å². The zero-order valence-corrected chi connectivity index (χ0v) is 6.31. The van der Waals surface area contributed by atoms with Crippen LogP contribution in [-0.2, 0) is 12.0 Å². The van der Waals surface area contributed by atoms with E-state index in [9.17, 15) is 0 Å². The van der Waals surface area contributed by atoms with E-state index in [4.69, 9.17) is 4.55 Å². The van der Waals surface area contributed by atoms with E-state index in [-0.39, 0.29) is 0 Å². The van der Waals surface area contributed by atoms with Crippen molar-refractivity contribution in [2.24, 2.45) is 5.92 Å². The molecule has 1 aliphatic carbocycles. The zero-order chi connectivity index (χ0) is 6.69. The number of hydrogen-bond donors (Lipinski definition) is 1. The van der Waals surface area contributed by atoms with E-state index in [0.29, 0.717) is 18.0 Å². The van der Waals surface area contributed by atoms with E-state index in [1.54, 1.807) is 0 Å². The first kappa shape index (κ1) is 6.90. The normalized spacial score (nSPS) is 26.0. The van der Waals surface area contributed by atoms with Crippen molar-refractivity contribution in [2.45, 2.75) is 13.3 Å². The van der Waals surface area contributed by atoms with Crippen LogP contribution in [0.25, 0.3) is 0 Å². The van der Waals surface area contributed by atoms with Gasteiger partial charge in [-0.3, -0.25) is 0 Å². The van der Waals surface area contributed by atoms with Gasteiger partial charge in [0.1, 0.15) is 0 Å². The van der Waals surface area contributed by atoms with Crippen LogP contribution in [-0.4, -0.2) is 4.55 Å². The van der Waals surface area contributed by atoms with Gasteiger partial charge in [-0.25, -0.2) is 0 Å². The molecule has 0 saturated heterocycles. The van der Waals surface area contributed by atoms with Crippen molar-refractivity contribution < 1.29 is 4.55 Å². The molecular formula is C7H11OS+. The molecule has 0 heterocycles. The average Bonchev–Trinajstić information content (AvgIpc) is 1.90. The molecule has 1 N–H and O–H groups in total. The van der Waals surface area contributed by atoms with Crippen LogP contribution in [0.3, 0.4) is 0 Å². The summed E-state index contributed by atoms with van der Waals surface area (Å²) in [6, 6.07) is 0. The van der Waals surface area contributed by atoms with Crippen molar-refractivity contribution >= 4 is 12.0 Å². The molecule has 2 heteroatoms. The van der Waals surface area contributed by atoms with Crippen molar-refractivity contribution in [3.8, 4) is 0 Å². The van der Waals surface area contributed by atoms with Crippen LogP contribution in [0.2, 0.25) is 0 Å². The number of thiol groups is 1. The predicted octanol–water partition coefficient (Wildman–Crippen LogP) is 1.75. The molecule has 0 spiro atoms. The molecular weight excluding hydrogens is 132 g/mol. The molecule has 1 rings (SSSR count). The number of rotatable bonds is 1. The van der Waals surface area contributed by atoms with Crippen LogP contribution in [0, 0.1) is 5.92 Å². The van der Waals surface area contributed by atoms with Gasteiger partial charge in [0.15, 0.2) is 16.9 Å². The molecule has 0 amide bonds. The van der Waals surface area contributed by atoms with E-state index in [0.717, 1.165) is 11.3 Å². The number of allylic oxidation sites excluding steroid dienone is 3. The van der Waals surface area contributed by atoms with Crippen LogP contribution < -0.4 is 0 Å². The third kappa shape index (κ3) is 1.88. The van der Waals surface area contributed by atoms with Gasteiger partial charge in [0.25, 0.3) is 0 Å². The highest BCUT2D eigenvalue weighted by Gasteiger charge is 2.07. The summed E-state index contributed by atoms with van der Waals surface area (Å²) in [5.74, 6) is 0.649. The van der Waals surface area contributed by atoms with Gasteiger partial charge in [-0.15, -0.1) is 0 Å². The SMILES string of the molecule is CC1C=CC([SH+]O)=CC1. The molecule has 1 unspecified atom stereocenters. The second-order valence-electron chi connectivity index (χ2n) is 2.30. The summed E-state index contributed by atoms with van der Waals surface area (Å²) in [6.07, 6.45) is 7.25. The van der Waals surface area contributed by atoms with Crippen molar-refractivity contribution in [2.75, 3.05) is 0 Å². The Morgan fingerprint density at radius 1 is 1.78 bits per heavy atom. The van der Waals surface area contributed by atoms with Gasteiger partial charge in [-0.05, 0) is 24.5 Å². The minimum absolute atomic E-state index is 0.397. The second-order valence-corrected chi connectivity index (χ2v) is 3.02. The maximum atomic E-state index is 8.63. The Kier molecular flexibility index (Phi) is 2.37. The fourth-order valence-electron chi connectivity index (χ4n) is 0.790.